The second kappa shape index (κ2) is 5.29. The fraction of sp³-hybridized carbons (Fsp3) is 0.889. The third-order valence-corrected chi connectivity index (χ3v) is 2.03. The molecular weight excluding hydrogens is 182 g/mol. The maximum absolute atomic E-state index is 11.0. The van der Waals surface area contributed by atoms with E-state index < -0.39 is 5.60 Å². The molecule has 0 aliphatic carbocycles. The fourth-order valence-electron chi connectivity index (χ4n) is 1.25. The van der Waals surface area contributed by atoms with Crippen molar-refractivity contribution in [2.24, 2.45) is 5.84 Å². The molecule has 0 fully saturated rings. The van der Waals surface area contributed by atoms with Gasteiger partial charge in [-0.05, 0) is 27.8 Å². The van der Waals surface area contributed by atoms with E-state index in [0.29, 0.717) is 13.0 Å². The molecule has 0 radical (unpaired) electrons. The quantitative estimate of drug-likeness (QED) is 0.318. The zero-order chi connectivity index (χ0) is 11.4. The van der Waals surface area contributed by atoms with Crippen LogP contribution in [0, 0.1) is 0 Å². The summed E-state index contributed by atoms with van der Waals surface area (Å²) >= 11 is 0. The lowest BCUT2D eigenvalue weighted by Crippen LogP contribution is -2.43. The molecule has 0 bridgehead atoms. The third-order valence-electron chi connectivity index (χ3n) is 2.03. The number of hydrogen-bond acceptors (Lipinski definition) is 4. The Hall–Kier alpha value is -0.650. The van der Waals surface area contributed by atoms with Crippen molar-refractivity contribution in [3.63, 3.8) is 0 Å². The Labute approximate surface area is 85.2 Å². The lowest BCUT2D eigenvalue weighted by atomic mass is 10.1. The molecule has 0 spiro atoms. The number of nitrogens with two attached hydrogens (primary N) is 1. The molecule has 0 aliphatic rings. The van der Waals surface area contributed by atoms with Crippen LogP contribution in [-0.2, 0) is 4.79 Å². The third kappa shape index (κ3) is 5.90. The van der Waals surface area contributed by atoms with E-state index in [1.807, 2.05) is 18.9 Å². The molecule has 84 valence electrons. The highest BCUT2D eigenvalue weighted by Crippen LogP contribution is 2.08. The first kappa shape index (κ1) is 13.4. The van der Waals surface area contributed by atoms with Gasteiger partial charge in [0.2, 0.25) is 5.91 Å². The summed E-state index contributed by atoms with van der Waals surface area (Å²) < 4.78 is 0. The predicted molar refractivity (Wildman–Crippen MR) is 55.3 cm³/mol. The van der Waals surface area contributed by atoms with Crippen molar-refractivity contribution in [3.05, 3.63) is 0 Å². The Bertz CT molecular complexity index is 189. The summed E-state index contributed by atoms with van der Waals surface area (Å²) in [4.78, 5) is 12.9. The predicted octanol–water partition coefficient (Wildman–Crippen LogP) is -0.542. The maximum Gasteiger partial charge on any atom is 0.235 e. The maximum atomic E-state index is 11.0. The van der Waals surface area contributed by atoms with E-state index in [1.54, 1.807) is 13.8 Å². The van der Waals surface area contributed by atoms with Crippen LogP contribution in [0.1, 0.15) is 27.2 Å². The molecule has 1 unspecified atom stereocenters. The van der Waals surface area contributed by atoms with Crippen LogP contribution in [-0.4, -0.2) is 41.1 Å². The van der Waals surface area contributed by atoms with Crippen LogP contribution in [0.5, 0.6) is 0 Å². The van der Waals surface area contributed by atoms with Crippen LogP contribution in [0.25, 0.3) is 0 Å². The van der Waals surface area contributed by atoms with Gasteiger partial charge in [0.05, 0.1) is 5.60 Å². The molecule has 5 heteroatoms. The van der Waals surface area contributed by atoms with Crippen LogP contribution in [0.4, 0.5) is 0 Å². The van der Waals surface area contributed by atoms with Crippen molar-refractivity contribution in [1.29, 1.82) is 0 Å². The molecule has 0 rings (SSSR count). The van der Waals surface area contributed by atoms with Gasteiger partial charge in [0, 0.05) is 19.0 Å². The van der Waals surface area contributed by atoms with Gasteiger partial charge in [-0.2, -0.15) is 0 Å². The number of aliphatic hydroxyl groups is 1. The number of hydrazine groups is 1. The standard InChI is InChI=1S/C9H21N3O2/c1-7(5-8(13)11-10)12(4)6-9(2,3)14/h7,14H,5-6,10H2,1-4H3,(H,11,13). The zero-order valence-electron chi connectivity index (χ0n) is 9.37. The normalized spacial score (nSPS) is 14.2. The summed E-state index contributed by atoms with van der Waals surface area (Å²) in [6, 6.07) is 0.0602. The van der Waals surface area contributed by atoms with Gasteiger partial charge in [-0.1, -0.05) is 0 Å². The molecule has 1 amide bonds. The first-order valence-electron chi connectivity index (χ1n) is 4.68. The number of likely N-dealkylation sites (N-methyl/N-ethyl adjacent to an activating group) is 1. The van der Waals surface area contributed by atoms with E-state index in [2.05, 4.69) is 5.43 Å². The Balaban J connectivity index is 3.99. The molecule has 14 heavy (non-hydrogen) atoms. The van der Waals surface area contributed by atoms with E-state index in [9.17, 15) is 9.90 Å². The summed E-state index contributed by atoms with van der Waals surface area (Å²) in [5.41, 5.74) is 1.34. The first-order valence-corrected chi connectivity index (χ1v) is 4.68. The first-order chi connectivity index (χ1) is 6.26. The second-order valence-electron chi connectivity index (χ2n) is 4.35. The highest BCUT2D eigenvalue weighted by Gasteiger charge is 2.20. The number of carbonyl (C=O) groups excluding carboxylic acids is 1. The topological polar surface area (TPSA) is 78.6 Å². The molecule has 0 saturated heterocycles. The van der Waals surface area contributed by atoms with E-state index in [0.717, 1.165) is 0 Å². The molecule has 0 aromatic heterocycles. The molecule has 0 aromatic rings. The highest BCUT2D eigenvalue weighted by molar-refractivity contribution is 5.75. The summed E-state index contributed by atoms with van der Waals surface area (Å²) in [5.74, 6) is 4.79. The number of nitrogens with one attached hydrogen (secondary N) is 1. The molecule has 5 nitrogen and oxygen atoms in total. The van der Waals surface area contributed by atoms with Gasteiger partial charge in [0.1, 0.15) is 0 Å². The lowest BCUT2D eigenvalue weighted by molar-refractivity contribution is -0.122. The molecule has 0 aliphatic heterocycles. The molecule has 4 N–H and O–H groups in total. The van der Waals surface area contributed by atoms with E-state index >= 15 is 0 Å². The summed E-state index contributed by atoms with van der Waals surface area (Å²) in [7, 11) is 1.87. The van der Waals surface area contributed by atoms with Gasteiger partial charge in [0.15, 0.2) is 0 Å². The zero-order valence-corrected chi connectivity index (χ0v) is 9.37. The average molecular weight is 203 g/mol. The minimum Gasteiger partial charge on any atom is -0.389 e. The van der Waals surface area contributed by atoms with E-state index in [-0.39, 0.29) is 11.9 Å². The fourth-order valence-corrected chi connectivity index (χ4v) is 1.25. The molecule has 0 aromatic carbocycles. The summed E-state index contributed by atoms with van der Waals surface area (Å²) in [6.07, 6.45) is 0.336. The molecule has 0 heterocycles. The van der Waals surface area contributed by atoms with Gasteiger partial charge >= 0.3 is 0 Å². The summed E-state index contributed by atoms with van der Waals surface area (Å²) in [6.45, 7) is 5.91. The Morgan fingerprint density at radius 2 is 2.14 bits per heavy atom. The van der Waals surface area contributed by atoms with Gasteiger partial charge in [-0.15, -0.1) is 0 Å². The number of hydrogen-bond donors (Lipinski definition) is 3. The van der Waals surface area contributed by atoms with Crippen molar-refractivity contribution in [2.75, 3.05) is 13.6 Å². The highest BCUT2D eigenvalue weighted by atomic mass is 16.3. The second-order valence-corrected chi connectivity index (χ2v) is 4.35. The van der Waals surface area contributed by atoms with Crippen molar-refractivity contribution in [3.8, 4) is 0 Å². The van der Waals surface area contributed by atoms with Crippen LogP contribution < -0.4 is 11.3 Å². The Morgan fingerprint density at radius 3 is 2.50 bits per heavy atom. The van der Waals surface area contributed by atoms with Gasteiger partial charge in [-0.25, -0.2) is 5.84 Å². The van der Waals surface area contributed by atoms with Crippen molar-refractivity contribution in [1.82, 2.24) is 10.3 Å². The molecule has 1 atom stereocenters. The van der Waals surface area contributed by atoms with Crippen LogP contribution >= 0.6 is 0 Å². The SMILES string of the molecule is CC(CC(=O)NN)N(C)CC(C)(C)O. The van der Waals surface area contributed by atoms with Crippen molar-refractivity contribution < 1.29 is 9.90 Å². The van der Waals surface area contributed by atoms with E-state index in [1.165, 1.54) is 0 Å². The molecular formula is C9H21N3O2. The number of amides is 1. The van der Waals surface area contributed by atoms with Crippen molar-refractivity contribution >= 4 is 5.91 Å². The van der Waals surface area contributed by atoms with E-state index in [4.69, 9.17) is 5.84 Å². The Morgan fingerprint density at radius 1 is 1.64 bits per heavy atom. The Kier molecular flexibility index (Phi) is 5.04. The monoisotopic (exact) mass is 203 g/mol. The largest absolute Gasteiger partial charge is 0.389 e. The van der Waals surface area contributed by atoms with Gasteiger partial charge < -0.3 is 10.0 Å². The number of carbonyl (C=O) groups is 1. The number of nitrogens with zero attached hydrogens (tertiary/aromatic N) is 1. The van der Waals surface area contributed by atoms with Crippen LogP contribution in [0.3, 0.4) is 0 Å². The smallest absolute Gasteiger partial charge is 0.235 e. The van der Waals surface area contributed by atoms with Gasteiger partial charge in [0.25, 0.3) is 0 Å². The number of rotatable bonds is 5. The van der Waals surface area contributed by atoms with Crippen molar-refractivity contribution in [2.45, 2.75) is 38.8 Å². The van der Waals surface area contributed by atoms with Gasteiger partial charge in [-0.3, -0.25) is 10.2 Å². The minimum absolute atomic E-state index is 0.0602. The molecule has 0 saturated carbocycles. The summed E-state index contributed by atoms with van der Waals surface area (Å²) in [5, 5.41) is 9.56. The lowest BCUT2D eigenvalue weighted by Gasteiger charge is -2.30. The minimum atomic E-state index is -0.748. The van der Waals surface area contributed by atoms with Crippen LogP contribution in [0.15, 0.2) is 0 Å². The average Bonchev–Trinajstić information content (AvgIpc) is 2.00. The van der Waals surface area contributed by atoms with Crippen LogP contribution in [0.2, 0.25) is 0 Å².